The van der Waals surface area contributed by atoms with E-state index in [1.807, 2.05) is 6.92 Å². The molecule has 5 nitrogen and oxygen atoms in total. The fraction of sp³-hybridized carbons (Fsp3) is 0.733. The minimum absolute atomic E-state index is 0.489. The Labute approximate surface area is 121 Å². The van der Waals surface area contributed by atoms with E-state index in [0.717, 1.165) is 35.4 Å². The smallest absolute Gasteiger partial charge is 0.148 e. The van der Waals surface area contributed by atoms with E-state index in [1.165, 1.54) is 19.3 Å². The minimum Gasteiger partial charge on any atom is -0.367 e. The van der Waals surface area contributed by atoms with Crippen molar-refractivity contribution in [2.24, 2.45) is 17.7 Å². The van der Waals surface area contributed by atoms with E-state index in [4.69, 9.17) is 5.84 Å². The van der Waals surface area contributed by atoms with Crippen LogP contribution in [0.1, 0.15) is 51.4 Å². The highest BCUT2D eigenvalue weighted by Crippen LogP contribution is 2.32. The molecular weight excluding hydrogens is 250 g/mol. The largest absolute Gasteiger partial charge is 0.367 e. The summed E-state index contributed by atoms with van der Waals surface area (Å²) in [6.07, 6.45) is 4.63. The average molecular weight is 277 g/mol. The number of hydrazine groups is 1. The van der Waals surface area contributed by atoms with E-state index in [0.29, 0.717) is 12.0 Å². The van der Waals surface area contributed by atoms with Gasteiger partial charge in [0.15, 0.2) is 0 Å². The summed E-state index contributed by atoms with van der Waals surface area (Å²) < 4.78 is 0. The molecule has 1 aromatic heterocycles. The van der Waals surface area contributed by atoms with E-state index in [2.05, 4.69) is 41.5 Å². The molecule has 1 heterocycles. The molecule has 0 bridgehead atoms. The number of rotatable bonds is 4. The van der Waals surface area contributed by atoms with Crippen molar-refractivity contribution >= 4 is 11.6 Å². The topological polar surface area (TPSA) is 75.9 Å². The zero-order valence-corrected chi connectivity index (χ0v) is 13.0. The predicted octanol–water partition coefficient (Wildman–Crippen LogP) is 2.87. The van der Waals surface area contributed by atoms with Crippen LogP contribution in [-0.4, -0.2) is 16.0 Å². The quantitative estimate of drug-likeness (QED) is 0.583. The third kappa shape index (κ3) is 3.03. The molecule has 1 aliphatic rings. The molecule has 3 atom stereocenters. The molecule has 4 N–H and O–H groups in total. The van der Waals surface area contributed by atoms with Crippen LogP contribution in [0.3, 0.4) is 0 Å². The fourth-order valence-corrected chi connectivity index (χ4v) is 2.96. The second-order valence-electron chi connectivity index (χ2n) is 5.98. The zero-order valence-electron chi connectivity index (χ0n) is 13.0. The van der Waals surface area contributed by atoms with Crippen molar-refractivity contribution in [1.82, 2.24) is 9.97 Å². The first kappa shape index (κ1) is 15.0. The lowest BCUT2D eigenvalue weighted by molar-refractivity contribution is 0.253. The number of hydrogen-bond acceptors (Lipinski definition) is 5. The highest BCUT2D eigenvalue weighted by molar-refractivity contribution is 5.57. The van der Waals surface area contributed by atoms with Gasteiger partial charge in [0.2, 0.25) is 0 Å². The zero-order chi connectivity index (χ0) is 14.7. The van der Waals surface area contributed by atoms with Crippen LogP contribution in [0, 0.1) is 18.8 Å². The van der Waals surface area contributed by atoms with Crippen molar-refractivity contribution < 1.29 is 0 Å². The Kier molecular flexibility index (Phi) is 4.81. The SMILES string of the molecule is CCc1nc(NN)c(C)c(NC2CCCC(C)C2C)n1. The summed E-state index contributed by atoms with van der Waals surface area (Å²) in [5.74, 6) is 9.45. The van der Waals surface area contributed by atoms with Crippen molar-refractivity contribution in [2.75, 3.05) is 10.7 Å². The van der Waals surface area contributed by atoms with Crippen LogP contribution in [0.4, 0.5) is 11.6 Å². The van der Waals surface area contributed by atoms with Crippen molar-refractivity contribution in [3.8, 4) is 0 Å². The van der Waals surface area contributed by atoms with Gasteiger partial charge in [-0.1, -0.05) is 33.6 Å². The highest BCUT2D eigenvalue weighted by atomic mass is 15.3. The summed E-state index contributed by atoms with van der Waals surface area (Å²) in [6, 6.07) is 0.489. The second-order valence-corrected chi connectivity index (χ2v) is 5.98. The highest BCUT2D eigenvalue weighted by Gasteiger charge is 2.27. The number of aryl methyl sites for hydroxylation is 1. The number of aromatic nitrogens is 2. The van der Waals surface area contributed by atoms with E-state index in [-0.39, 0.29) is 0 Å². The van der Waals surface area contributed by atoms with Gasteiger partial charge in [0.1, 0.15) is 17.5 Å². The molecule has 0 aromatic carbocycles. The third-order valence-electron chi connectivity index (χ3n) is 4.67. The molecule has 1 fully saturated rings. The van der Waals surface area contributed by atoms with E-state index in [1.54, 1.807) is 0 Å². The standard InChI is InChI=1S/C15H27N5/c1-5-13-18-14(11(4)15(19-13)20-16)17-12-8-6-7-9(2)10(12)3/h9-10,12H,5-8,16H2,1-4H3,(H2,17,18,19,20). The van der Waals surface area contributed by atoms with E-state index < -0.39 is 0 Å². The number of hydrogen-bond donors (Lipinski definition) is 3. The van der Waals surface area contributed by atoms with E-state index in [9.17, 15) is 0 Å². The Morgan fingerprint density at radius 3 is 2.55 bits per heavy atom. The van der Waals surface area contributed by atoms with Crippen LogP contribution in [0.5, 0.6) is 0 Å². The monoisotopic (exact) mass is 277 g/mol. The lowest BCUT2D eigenvalue weighted by Crippen LogP contribution is -2.35. The number of anilines is 2. The number of nitrogens with two attached hydrogens (primary N) is 1. The van der Waals surface area contributed by atoms with Gasteiger partial charge < -0.3 is 10.7 Å². The first-order valence-electron chi connectivity index (χ1n) is 7.67. The number of nitrogens with one attached hydrogen (secondary N) is 2. The van der Waals surface area contributed by atoms with Crippen molar-refractivity contribution in [2.45, 2.75) is 59.4 Å². The Bertz CT molecular complexity index is 460. The average Bonchev–Trinajstić information content (AvgIpc) is 2.45. The molecule has 1 saturated carbocycles. The van der Waals surface area contributed by atoms with Gasteiger partial charge >= 0.3 is 0 Å². The lowest BCUT2D eigenvalue weighted by Gasteiger charge is -2.35. The molecule has 0 saturated heterocycles. The number of nitrogen functional groups attached to an aromatic ring is 1. The molecule has 0 radical (unpaired) electrons. The summed E-state index contributed by atoms with van der Waals surface area (Å²) in [5.41, 5.74) is 3.67. The Hall–Kier alpha value is -1.36. The molecule has 1 aromatic rings. The van der Waals surface area contributed by atoms with Gasteiger partial charge in [0.25, 0.3) is 0 Å². The van der Waals surface area contributed by atoms with Crippen LogP contribution in [0.25, 0.3) is 0 Å². The Morgan fingerprint density at radius 1 is 1.20 bits per heavy atom. The summed E-state index contributed by atoms with van der Waals surface area (Å²) in [5, 5.41) is 3.63. The summed E-state index contributed by atoms with van der Waals surface area (Å²) in [4.78, 5) is 9.04. The molecular formula is C15H27N5. The number of nitrogens with zero attached hydrogens (tertiary/aromatic N) is 2. The van der Waals surface area contributed by atoms with E-state index >= 15 is 0 Å². The van der Waals surface area contributed by atoms with Crippen LogP contribution in [0.2, 0.25) is 0 Å². The van der Waals surface area contributed by atoms with Gasteiger partial charge in [0.05, 0.1) is 0 Å². The molecule has 1 aliphatic carbocycles. The molecule has 0 spiro atoms. The summed E-state index contributed by atoms with van der Waals surface area (Å²) >= 11 is 0. The van der Waals surface area contributed by atoms with Crippen LogP contribution >= 0.6 is 0 Å². The molecule has 20 heavy (non-hydrogen) atoms. The first-order valence-corrected chi connectivity index (χ1v) is 7.67. The maximum Gasteiger partial charge on any atom is 0.148 e. The molecule has 112 valence electrons. The maximum absolute atomic E-state index is 5.56. The Balaban J connectivity index is 2.23. The summed E-state index contributed by atoms with van der Waals surface area (Å²) in [6.45, 7) is 8.74. The normalized spacial score (nSPS) is 26.4. The second kappa shape index (κ2) is 6.39. The van der Waals surface area contributed by atoms with Crippen LogP contribution in [0.15, 0.2) is 0 Å². The van der Waals surface area contributed by atoms with Gasteiger partial charge in [-0.05, 0) is 25.2 Å². The van der Waals surface area contributed by atoms with Gasteiger partial charge in [-0.2, -0.15) is 0 Å². The van der Waals surface area contributed by atoms with Crippen LogP contribution < -0.4 is 16.6 Å². The van der Waals surface area contributed by atoms with Gasteiger partial charge in [-0.3, -0.25) is 0 Å². The van der Waals surface area contributed by atoms with Crippen molar-refractivity contribution in [3.05, 3.63) is 11.4 Å². The third-order valence-corrected chi connectivity index (χ3v) is 4.67. The lowest BCUT2D eigenvalue weighted by atomic mass is 9.78. The predicted molar refractivity (Wildman–Crippen MR) is 83.5 cm³/mol. The van der Waals surface area contributed by atoms with Gasteiger partial charge in [0, 0.05) is 18.0 Å². The van der Waals surface area contributed by atoms with Gasteiger partial charge in [-0.25, -0.2) is 15.8 Å². The van der Waals surface area contributed by atoms with Gasteiger partial charge in [-0.15, -0.1) is 0 Å². The molecule has 5 heteroatoms. The molecule has 3 unspecified atom stereocenters. The fourth-order valence-electron chi connectivity index (χ4n) is 2.96. The first-order chi connectivity index (χ1) is 9.56. The summed E-state index contributed by atoms with van der Waals surface area (Å²) in [7, 11) is 0. The van der Waals surface area contributed by atoms with Crippen molar-refractivity contribution in [1.29, 1.82) is 0 Å². The van der Waals surface area contributed by atoms with Crippen molar-refractivity contribution in [3.63, 3.8) is 0 Å². The molecule has 0 aliphatic heterocycles. The minimum atomic E-state index is 0.489. The Morgan fingerprint density at radius 2 is 1.90 bits per heavy atom. The maximum atomic E-state index is 5.56. The molecule has 0 amide bonds. The van der Waals surface area contributed by atoms with Crippen LogP contribution in [-0.2, 0) is 6.42 Å². The molecule has 2 rings (SSSR count).